The van der Waals surface area contributed by atoms with Crippen LogP contribution in [0, 0.1) is 5.92 Å². The molecule has 2 amide bonds. The number of amides is 2. The van der Waals surface area contributed by atoms with Gasteiger partial charge in [0.25, 0.3) is 5.91 Å². The van der Waals surface area contributed by atoms with Gasteiger partial charge in [0, 0.05) is 17.2 Å². The van der Waals surface area contributed by atoms with Gasteiger partial charge in [-0.3, -0.25) is 14.4 Å². The normalized spacial score (nSPS) is 20.2. The average Bonchev–Trinajstić information content (AvgIpc) is 3.27. The number of benzene rings is 2. The van der Waals surface area contributed by atoms with E-state index in [0.29, 0.717) is 34.0 Å². The summed E-state index contributed by atoms with van der Waals surface area (Å²) in [6.07, 6.45) is -1.03. The lowest BCUT2D eigenvalue weighted by Gasteiger charge is -2.16. The number of hydrogen-bond acceptors (Lipinski definition) is 7. The van der Waals surface area contributed by atoms with E-state index in [4.69, 9.17) is 14.3 Å². The maximum atomic E-state index is 13.1. The Balaban J connectivity index is 1.68. The summed E-state index contributed by atoms with van der Waals surface area (Å²) in [7, 11) is 3.03. The molecule has 29 heavy (non-hydrogen) atoms. The molecule has 2 aliphatic heterocycles. The van der Waals surface area contributed by atoms with Crippen molar-refractivity contribution in [2.45, 2.75) is 13.0 Å². The van der Waals surface area contributed by atoms with Gasteiger partial charge in [-0.25, -0.2) is 4.90 Å². The van der Waals surface area contributed by atoms with E-state index in [-0.39, 0.29) is 5.78 Å². The number of ether oxygens (including phenoxy) is 2. The minimum absolute atomic E-state index is 0.100. The Morgan fingerprint density at radius 1 is 1.03 bits per heavy atom. The lowest BCUT2D eigenvalue weighted by molar-refractivity contribution is -0.126. The van der Waals surface area contributed by atoms with Gasteiger partial charge >= 0.3 is 0 Å². The van der Waals surface area contributed by atoms with Crippen LogP contribution in [0.2, 0.25) is 0 Å². The maximum absolute atomic E-state index is 13.1. The summed E-state index contributed by atoms with van der Waals surface area (Å²) in [6, 6.07) is 11.4. The number of oxime groups is 1. The summed E-state index contributed by atoms with van der Waals surface area (Å²) < 4.78 is 10.6. The standard InChI is InChI=1S/C21H18N2O6/c1-11(24)12-4-6-13(7-5-12)23-20(25)17-18(22-29-19(17)21(23)26)15-9-8-14(27-2)10-16(15)28-3/h4-10,17,19H,1-3H3/t17-,19-/m1/s1. The third kappa shape index (κ3) is 2.93. The molecule has 8 heteroatoms. The molecule has 0 bridgehead atoms. The molecular formula is C21H18N2O6. The number of carbonyl (C=O) groups excluding carboxylic acids is 3. The van der Waals surface area contributed by atoms with Crippen LogP contribution in [-0.2, 0) is 14.4 Å². The number of anilines is 1. The molecule has 0 saturated carbocycles. The van der Waals surface area contributed by atoms with Gasteiger partial charge in [-0.1, -0.05) is 5.16 Å². The Morgan fingerprint density at radius 3 is 2.38 bits per heavy atom. The van der Waals surface area contributed by atoms with Crippen LogP contribution < -0.4 is 14.4 Å². The number of ketones is 1. The predicted octanol–water partition coefficient (Wildman–Crippen LogP) is 2.20. The molecule has 1 fully saturated rings. The minimum Gasteiger partial charge on any atom is -0.497 e. The molecule has 2 aromatic rings. The van der Waals surface area contributed by atoms with E-state index in [1.165, 1.54) is 21.1 Å². The Morgan fingerprint density at radius 2 is 1.76 bits per heavy atom. The number of nitrogens with zero attached hydrogens (tertiary/aromatic N) is 2. The largest absolute Gasteiger partial charge is 0.497 e. The van der Waals surface area contributed by atoms with Crippen LogP contribution in [0.25, 0.3) is 0 Å². The highest BCUT2D eigenvalue weighted by Crippen LogP contribution is 2.38. The van der Waals surface area contributed by atoms with Crippen molar-refractivity contribution in [3.05, 3.63) is 53.6 Å². The lowest BCUT2D eigenvalue weighted by atomic mass is 9.93. The molecule has 0 aromatic heterocycles. The fourth-order valence-electron chi connectivity index (χ4n) is 3.51. The third-order valence-corrected chi connectivity index (χ3v) is 5.03. The zero-order valence-corrected chi connectivity index (χ0v) is 16.0. The molecule has 0 unspecified atom stereocenters. The van der Waals surface area contributed by atoms with Crippen molar-refractivity contribution in [3.63, 3.8) is 0 Å². The molecule has 2 aliphatic rings. The number of hydrogen-bond donors (Lipinski definition) is 0. The molecule has 4 rings (SSSR count). The van der Waals surface area contributed by atoms with Gasteiger partial charge < -0.3 is 14.3 Å². The first kappa shape index (κ1) is 18.7. The van der Waals surface area contributed by atoms with Crippen molar-refractivity contribution in [2.24, 2.45) is 11.1 Å². The number of rotatable bonds is 5. The van der Waals surface area contributed by atoms with Crippen molar-refractivity contribution >= 4 is 29.0 Å². The Labute approximate surface area is 166 Å². The maximum Gasteiger partial charge on any atom is 0.278 e. The van der Waals surface area contributed by atoms with Gasteiger partial charge in [-0.2, -0.15) is 0 Å². The van der Waals surface area contributed by atoms with Crippen molar-refractivity contribution in [3.8, 4) is 11.5 Å². The molecule has 1 saturated heterocycles. The molecule has 2 aromatic carbocycles. The Kier molecular flexibility index (Phi) is 4.54. The number of imide groups is 1. The zero-order chi connectivity index (χ0) is 20.7. The number of carbonyl (C=O) groups is 3. The van der Waals surface area contributed by atoms with Crippen molar-refractivity contribution in [1.29, 1.82) is 0 Å². The number of methoxy groups -OCH3 is 2. The third-order valence-electron chi connectivity index (χ3n) is 5.03. The topological polar surface area (TPSA) is 94.5 Å². The highest BCUT2D eigenvalue weighted by atomic mass is 16.7. The Bertz CT molecular complexity index is 1040. The predicted molar refractivity (Wildman–Crippen MR) is 103 cm³/mol. The molecule has 2 heterocycles. The summed E-state index contributed by atoms with van der Waals surface area (Å²) in [5.41, 5.74) is 1.75. The van der Waals surface area contributed by atoms with Crippen LogP contribution in [0.5, 0.6) is 11.5 Å². The van der Waals surface area contributed by atoms with Gasteiger partial charge in [-0.05, 0) is 43.3 Å². The first-order valence-corrected chi connectivity index (χ1v) is 8.91. The summed E-state index contributed by atoms with van der Waals surface area (Å²) in [4.78, 5) is 43.8. The van der Waals surface area contributed by atoms with Gasteiger partial charge in [0.15, 0.2) is 5.78 Å². The highest BCUT2D eigenvalue weighted by molar-refractivity contribution is 6.32. The van der Waals surface area contributed by atoms with E-state index in [0.717, 1.165) is 4.90 Å². The summed E-state index contributed by atoms with van der Waals surface area (Å²) >= 11 is 0. The number of Topliss-reactive ketones (excluding diaryl/α,β-unsaturated/α-hetero) is 1. The van der Waals surface area contributed by atoms with Crippen molar-refractivity contribution in [1.82, 2.24) is 0 Å². The molecule has 0 spiro atoms. The summed E-state index contributed by atoms with van der Waals surface area (Å²) in [5, 5.41) is 4.00. The van der Waals surface area contributed by atoms with E-state index in [1.807, 2.05) is 0 Å². The molecule has 2 atom stereocenters. The van der Waals surface area contributed by atoms with Crippen LogP contribution in [0.3, 0.4) is 0 Å². The van der Waals surface area contributed by atoms with Crippen molar-refractivity contribution < 1.29 is 28.7 Å². The smallest absolute Gasteiger partial charge is 0.278 e. The lowest BCUT2D eigenvalue weighted by Crippen LogP contribution is -2.33. The van der Waals surface area contributed by atoms with Crippen LogP contribution in [-0.4, -0.2) is 43.6 Å². The SMILES string of the molecule is COc1ccc(C2=NO[C@H]3C(=O)N(c4ccc(C(C)=O)cc4)C(=O)[C@H]23)c(OC)c1. The molecule has 148 valence electrons. The zero-order valence-electron chi connectivity index (χ0n) is 16.0. The summed E-state index contributed by atoms with van der Waals surface area (Å²) in [5.74, 6) is -0.875. The van der Waals surface area contributed by atoms with Crippen LogP contribution in [0.15, 0.2) is 47.6 Å². The first-order valence-electron chi connectivity index (χ1n) is 8.91. The quantitative estimate of drug-likeness (QED) is 0.570. The molecule has 0 aliphatic carbocycles. The number of fused-ring (bicyclic) bond motifs is 1. The minimum atomic E-state index is -1.03. The average molecular weight is 394 g/mol. The molecule has 8 nitrogen and oxygen atoms in total. The van der Waals surface area contributed by atoms with Crippen LogP contribution in [0.1, 0.15) is 22.8 Å². The molecule has 0 N–H and O–H groups in total. The first-order chi connectivity index (χ1) is 14.0. The van der Waals surface area contributed by atoms with E-state index >= 15 is 0 Å². The van der Waals surface area contributed by atoms with Crippen LogP contribution >= 0.6 is 0 Å². The second-order valence-electron chi connectivity index (χ2n) is 6.66. The summed E-state index contributed by atoms with van der Waals surface area (Å²) in [6.45, 7) is 1.45. The second-order valence-corrected chi connectivity index (χ2v) is 6.66. The fraction of sp³-hybridized carbons (Fsp3) is 0.238. The van der Waals surface area contributed by atoms with Gasteiger partial charge in [0.2, 0.25) is 12.0 Å². The van der Waals surface area contributed by atoms with Gasteiger partial charge in [-0.15, -0.1) is 0 Å². The van der Waals surface area contributed by atoms with E-state index in [9.17, 15) is 14.4 Å². The van der Waals surface area contributed by atoms with Crippen LogP contribution in [0.4, 0.5) is 5.69 Å². The van der Waals surface area contributed by atoms with Gasteiger partial charge in [0.1, 0.15) is 23.1 Å². The highest BCUT2D eigenvalue weighted by Gasteiger charge is 2.56. The van der Waals surface area contributed by atoms with E-state index < -0.39 is 23.8 Å². The van der Waals surface area contributed by atoms with Gasteiger partial charge in [0.05, 0.1) is 19.9 Å². The molecule has 0 radical (unpaired) electrons. The van der Waals surface area contributed by atoms with E-state index in [2.05, 4.69) is 5.16 Å². The van der Waals surface area contributed by atoms with E-state index in [1.54, 1.807) is 42.5 Å². The second kappa shape index (κ2) is 7.05. The van der Waals surface area contributed by atoms with Crippen molar-refractivity contribution in [2.75, 3.05) is 19.1 Å². The Hall–Kier alpha value is -3.68. The monoisotopic (exact) mass is 394 g/mol. The fourth-order valence-corrected chi connectivity index (χ4v) is 3.51. The molecular weight excluding hydrogens is 376 g/mol.